The molecule has 0 aromatic heterocycles. The van der Waals surface area contributed by atoms with Crippen LogP contribution in [0.4, 0.5) is 0 Å². The summed E-state index contributed by atoms with van der Waals surface area (Å²) >= 11 is 0. The van der Waals surface area contributed by atoms with Crippen LogP contribution in [0.15, 0.2) is 0 Å². The molecule has 0 heterocycles. The Morgan fingerprint density at radius 2 is 1.38 bits per heavy atom. The molecule has 0 saturated heterocycles. The molecule has 0 aliphatic heterocycles. The molecule has 0 N–H and O–H groups in total. The summed E-state index contributed by atoms with van der Waals surface area (Å²) in [6.07, 6.45) is 2.47. The minimum absolute atomic E-state index is 0.0667. The predicted octanol–water partition coefficient (Wildman–Crippen LogP) is 4.63. The molecule has 0 aliphatic rings. The van der Waals surface area contributed by atoms with Crippen molar-refractivity contribution < 1.29 is 14.3 Å². The highest BCUT2D eigenvalue weighted by Gasteiger charge is 2.46. The standard InChI is InChI=1S/C18H34O3/c1-8-21-17(20)18(11-14(4)5,12-15(6)7)16(19)10-9-13(2)3/h13-15H,8-12H2,1-7H3. The molecular weight excluding hydrogens is 264 g/mol. The number of carbonyl (C=O) groups is 2. The number of Topliss-reactive ketones (excluding diaryl/α,β-unsaturated/α-hetero) is 1. The minimum atomic E-state index is -0.951. The molecule has 0 atom stereocenters. The van der Waals surface area contributed by atoms with Crippen LogP contribution in [0.25, 0.3) is 0 Å². The quantitative estimate of drug-likeness (QED) is 0.436. The van der Waals surface area contributed by atoms with Crippen LogP contribution in [-0.4, -0.2) is 18.4 Å². The predicted molar refractivity (Wildman–Crippen MR) is 87.1 cm³/mol. The van der Waals surface area contributed by atoms with Gasteiger partial charge in [0.15, 0.2) is 0 Å². The van der Waals surface area contributed by atoms with Crippen LogP contribution < -0.4 is 0 Å². The smallest absolute Gasteiger partial charge is 0.319 e. The van der Waals surface area contributed by atoms with Crippen molar-refractivity contribution in [2.24, 2.45) is 23.2 Å². The number of esters is 1. The van der Waals surface area contributed by atoms with Gasteiger partial charge in [-0.2, -0.15) is 0 Å². The van der Waals surface area contributed by atoms with Crippen LogP contribution in [-0.2, 0) is 14.3 Å². The van der Waals surface area contributed by atoms with E-state index < -0.39 is 5.41 Å². The van der Waals surface area contributed by atoms with Crippen molar-refractivity contribution in [3.63, 3.8) is 0 Å². The van der Waals surface area contributed by atoms with Crippen molar-refractivity contribution in [1.82, 2.24) is 0 Å². The molecule has 0 saturated carbocycles. The summed E-state index contributed by atoms with van der Waals surface area (Å²) in [5.41, 5.74) is -0.951. The normalized spacial score (nSPS) is 12.3. The first-order valence-electron chi connectivity index (χ1n) is 8.36. The Labute approximate surface area is 130 Å². The van der Waals surface area contributed by atoms with Crippen LogP contribution in [0.5, 0.6) is 0 Å². The number of rotatable bonds is 10. The van der Waals surface area contributed by atoms with Crippen molar-refractivity contribution >= 4 is 11.8 Å². The van der Waals surface area contributed by atoms with Gasteiger partial charge in [0.05, 0.1) is 6.61 Å². The van der Waals surface area contributed by atoms with E-state index in [0.717, 1.165) is 6.42 Å². The van der Waals surface area contributed by atoms with Gasteiger partial charge in [0.25, 0.3) is 0 Å². The SMILES string of the molecule is CCOC(=O)C(CC(C)C)(CC(C)C)C(=O)CCC(C)C. The van der Waals surface area contributed by atoms with E-state index >= 15 is 0 Å². The zero-order valence-electron chi connectivity index (χ0n) is 15.0. The number of carbonyl (C=O) groups excluding carboxylic acids is 2. The first kappa shape index (κ1) is 20.1. The molecule has 0 rings (SSSR count). The summed E-state index contributed by atoms with van der Waals surface area (Å²) in [6, 6.07) is 0. The highest BCUT2D eigenvalue weighted by molar-refractivity contribution is 6.03. The largest absolute Gasteiger partial charge is 0.465 e. The van der Waals surface area contributed by atoms with Gasteiger partial charge in [0, 0.05) is 6.42 Å². The Morgan fingerprint density at radius 3 is 1.71 bits per heavy atom. The van der Waals surface area contributed by atoms with Gasteiger partial charge >= 0.3 is 5.97 Å². The van der Waals surface area contributed by atoms with Gasteiger partial charge in [-0.3, -0.25) is 9.59 Å². The molecule has 3 nitrogen and oxygen atoms in total. The van der Waals surface area contributed by atoms with Crippen molar-refractivity contribution in [3.05, 3.63) is 0 Å². The number of hydrogen-bond donors (Lipinski definition) is 0. The molecule has 0 aromatic rings. The van der Waals surface area contributed by atoms with Crippen LogP contribution >= 0.6 is 0 Å². The maximum Gasteiger partial charge on any atom is 0.319 e. The van der Waals surface area contributed by atoms with E-state index in [1.807, 2.05) is 0 Å². The van der Waals surface area contributed by atoms with Gasteiger partial charge in [-0.1, -0.05) is 41.5 Å². The maximum atomic E-state index is 12.9. The number of hydrogen-bond acceptors (Lipinski definition) is 3. The molecule has 0 bridgehead atoms. The fourth-order valence-corrected chi connectivity index (χ4v) is 2.91. The maximum absolute atomic E-state index is 12.9. The van der Waals surface area contributed by atoms with E-state index in [4.69, 9.17) is 4.74 Å². The van der Waals surface area contributed by atoms with Crippen LogP contribution in [0, 0.1) is 23.2 Å². The van der Waals surface area contributed by atoms with Gasteiger partial charge in [-0.15, -0.1) is 0 Å². The average Bonchev–Trinajstić information content (AvgIpc) is 2.33. The first-order valence-corrected chi connectivity index (χ1v) is 8.36. The monoisotopic (exact) mass is 298 g/mol. The van der Waals surface area contributed by atoms with Crippen LogP contribution in [0.2, 0.25) is 0 Å². The van der Waals surface area contributed by atoms with Gasteiger partial charge in [0.1, 0.15) is 11.2 Å². The Balaban J connectivity index is 5.42. The third kappa shape index (κ3) is 6.62. The lowest BCUT2D eigenvalue weighted by molar-refractivity contribution is -0.163. The third-order valence-electron chi connectivity index (χ3n) is 3.66. The zero-order valence-corrected chi connectivity index (χ0v) is 15.0. The molecule has 124 valence electrons. The van der Waals surface area contributed by atoms with Gasteiger partial charge < -0.3 is 4.74 Å². The Morgan fingerprint density at radius 1 is 0.905 bits per heavy atom. The number of ether oxygens (including phenoxy) is 1. The van der Waals surface area contributed by atoms with E-state index in [1.165, 1.54) is 0 Å². The van der Waals surface area contributed by atoms with E-state index in [0.29, 0.717) is 31.8 Å². The molecule has 0 aromatic carbocycles. The van der Waals surface area contributed by atoms with Gasteiger partial charge in [0.2, 0.25) is 0 Å². The van der Waals surface area contributed by atoms with Gasteiger partial charge in [-0.05, 0) is 43.9 Å². The fraction of sp³-hybridized carbons (Fsp3) is 0.889. The van der Waals surface area contributed by atoms with E-state index in [2.05, 4.69) is 41.5 Å². The molecule has 0 spiro atoms. The molecule has 0 aliphatic carbocycles. The second kappa shape index (κ2) is 9.22. The summed E-state index contributed by atoms with van der Waals surface area (Å²) in [5, 5.41) is 0. The van der Waals surface area contributed by atoms with Crippen molar-refractivity contribution in [1.29, 1.82) is 0 Å². The first-order chi connectivity index (χ1) is 9.65. The molecule has 3 heteroatoms. The third-order valence-corrected chi connectivity index (χ3v) is 3.66. The van der Waals surface area contributed by atoms with E-state index in [-0.39, 0.29) is 23.6 Å². The summed E-state index contributed by atoms with van der Waals surface area (Å²) < 4.78 is 5.28. The summed E-state index contributed by atoms with van der Waals surface area (Å²) in [7, 11) is 0. The zero-order chi connectivity index (χ0) is 16.6. The van der Waals surface area contributed by atoms with Gasteiger partial charge in [-0.25, -0.2) is 0 Å². The highest BCUT2D eigenvalue weighted by atomic mass is 16.5. The van der Waals surface area contributed by atoms with E-state index in [1.54, 1.807) is 6.92 Å². The lowest BCUT2D eigenvalue weighted by atomic mass is 9.70. The molecule has 0 unspecified atom stereocenters. The Hall–Kier alpha value is -0.860. The molecule has 21 heavy (non-hydrogen) atoms. The Kier molecular flexibility index (Phi) is 8.84. The number of ketones is 1. The van der Waals surface area contributed by atoms with Crippen molar-refractivity contribution in [2.75, 3.05) is 6.61 Å². The summed E-state index contributed by atoms with van der Waals surface area (Å²) in [4.78, 5) is 25.4. The average molecular weight is 298 g/mol. The van der Waals surface area contributed by atoms with Crippen molar-refractivity contribution in [3.8, 4) is 0 Å². The molecule has 0 radical (unpaired) electrons. The fourth-order valence-electron chi connectivity index (χ4n) is 2.91. The lowest BCUT2D eigenvalue weighted by Gasteiger charge is -2.33. The Bertz CT molecular complexity index is 319. The molecule has 0 amide bonds. The van der Waals surface area contributed by atoms with E-state index in [9.17, 15) is 9.59 Å². The molecule has 0 fully saturated rings. The highest BCUT2D eigenvalue weighted by Crippen LogP contribution is 2.38. The molecular formula is C18H34O3. The van der Waals surface area contributed by atoms with Crippen LogP contribution in [0.3, 0.4) is 0 Å². The lowest BCUT2D eigenvalue weighted by Crippen LogP contribution is -2.43. The van der Waals surface area contributed by atoms with Crippen molar-refractivity contribution in [2.45, 2.75) is 74.1 Å². The summed E-state index contributed by atoms with van der Waals surface area (Å²) in [5.74, 6) is 0.789. The topological polar surface area (TPSA) is 43.4 Å². The second-order valence-electron chi connectivity index (χ2n) is 7.35. The second-order valence-corrected chi connectivity index (χ2v) is 7.35. The summed E-state index contributed by atoms with van der Waals surface area (Å²) in [6.45, 7) is 14.6. The minimum Gasteiger partial charge on any atom is -0.465 e. The van der Waals surface area contributed by atoms with Crippen LogP contribution in [0.1, 0.15) is 74.1 Å².